The summed E-state index contributed by atoms with van der Waals surface area (Å²) in [5.41, 5.74) is 3.15. The number of hydrogen-bond donors (Lipinski definition) is 2. The second-order valence-corrected chi connectivity index (χ2v) is 16.6. The Morgan fingerprint density at radius 2 is 1.71 bits per heavy atom. The highest BCUT2D eigenvalue weighted by atomic mass is 35.5. The molecule has 1 saturated carbocycles. The van der Waals surface area contributed by atoms with Crippen LogP contribution in [0.3, 0.4) is 0 Å². The van der Waals surface area contributed by atoms with Crippen molar-refractivity contribution in [3.05, 3.63) is 82.6 Å². The van der Waals surface area contributed by atoms with Crippen molar-refractivity contribution in [1.82, 2.24) is 30.9 Å². The van der Waals surface area contributed by atoms with E-state index < -0.39 is 5.92 Å². The van der Waals surface area contributed by atoms with Crippen LogP contribution in [-0.4, -0.2) is 95.9 Å². The number of nitrogens with zero attached hydrogens (tertiary/aromatic N) is 7. The van der Waals surface area contributed by atoms with Crippen LogP contribution in [0.1, 0.15) is 79.0 Å². The van der Waals surface area contributed by atoms with Crippen LogP contribution in [-0.2, 0) is 9.59 Å². The van der Waals surface area contributed by atoms with Gasteiger partial charge in [0.05, 0.1) is 28.0 Å². The highest BCUT2D eigenvalue weighted by molar-refractivity contribution is 6.31. The van der Waals surface area contributed by atoms with E-state index in [4.69, 9.17) is 26.1 Å². The number of halogens is 1. The first kappa shape index (κ1) is 38.7. The highest BCUT2D eigenvalue weighted by Crippen LogP contribution is 2.38. The van der Waals surface area contributed by atoms with Gasteiger partial charge in [-0.2, -0.15) is 5.26 Å². The Labute approximate surface area is 346 Å². The molecule has 9 rings (SSSR count). The average Bonchev–Trinajstić information content (AvgIpc) is 3.69. The molecule has 1 aliphatic carbocycles. The van der Waals surface area contributed by atoms with Crippen LogP contribution in [0.15, 0.2) is 65.2 Å². The van der Waals surface area contributed by atoms with Gasteiger partial charge < -0.3 is 24.4 Å². The number of benzene rings is 3. The highest BCUT2D eigenvalue weighted by Gasteiger charge is 2.33. The molecule has 14 nitrogen and oxygen atoms in total. The number of nitriles is 1. The minimum absolute atomic E-state index is 0.0291. The Bertz CT molecular complexity index is 2410. The zero-order valence-corrected chi connectivity index (χ0v) is 33.5. The van der Waals surface area contributed by atoms with Crippen molar-refractivity contribution in [2.24, 2.45) is 5.92 Å². The molecule has 0 radical (unpaired) electrons. The second kappa shape index (κ2) is 16.8. The van der Waals surface area contributed by atoms with E-state index in [2.05, 4.69) is 71.0 Å². The van der Waals surface area contributed by atoms with Gasteiger partial charge in [-0.05, 0) is 98.7 Å². The maximum absolute atomic E-state index is 13.1. The number of rotatable bonds is 9. The van der Waals surface area contributed by atoms with Gasteiger partial charge in [0.2, 0.25) is 11.8 Å². The van der Waals surface area contributed by atoms with Gasteiger partial charge in [0.1, 0.15) is 17.5 Å². The lowest BCUT2D eigenvalue weighted by Gasteiger charge is -2.40. The van der Waals surface area contributed by atoms with Crippen molar-refractivity contribution in [3.63, 3.8) is 0 Å². The number of aromatic nitrogens is 3. The number of piperazine rings is 1. The molecule has 1 unspecified atom stereocenters. The predicted octanol–water partition coefficient (Wildman–Crippen LogP) is 5.97. The van der Waals surface area contributed by atoms with Crippen LogP contribution >= 0.6 is 11.6 Å². The quantitative estimate of drug-likeness (QED) is 0.167. The monoisotopic (exact) mass is 815 g/mol. The van der Waals surface area contributed by atoms with E-state index in [9.17, 15) is 14.4 Å². The third-order valence-electron chi connectivity index (χ3n) is 12.5. The van der Waals surface area contributed by atoms with Gasteiger partial charge >= 0.3 is 0 Å². The number of piperidine rings is 2. The normalized spacial score (nSPS) is 22.0. The van der Waals surface area contributed by atoms with Crippen molar-refractivity contribution < 1.29 is 23.6 Å². The number of nitrogens with one attached hydrogen (secondary N) is 2. The molecule has 5 heterocycles. The summed E-state index contributed by atoms with van der Waals surface area (Å²) in [7, 11) is 0. The smallest absolute Gasteiger partial charge is 0.272 e. The van der Waals surface area contributed by atoms with Crippen molar-refractivity contribution >= 4 is 62.6 Å². The lowest BCUT2D eigenvalue weighted by Crippen LogP contribution is -2.49. The third-order valence-corrected chi connectivity index (χ3v) is 12.8. The zero-order chi connectivity index (χ0) is 40.5. The van der Waals surface area contributed by atoms with Crippen LogP contribution in [0.25, 0.3) is 21.7 Å². The summed E-state index contributed by atoms with van der Waals surface area (Å²) in [6.45, 7) is 6.66. The van der Waals surface area contributed by atoms with Crippen molar-refractivity contribution in [2.75, 3.05) is 55.6 Å². The maximum Gasteiger partial charge on any atom is 0.272 e. The number of carbonyl (C=O) groups is 3. The number of ether oxygens (including phenoxy) is 1. The summed E-state index contributed by atoms with van der Waals surface area (Å²) in [6.07, 6.45) is 6.08. The molecule has 304 valence electrons. The standard InChI is InChI=1S/C44H46ClN9O5/c45-35-24-31(7-4-28(35)25-46)58-30-8-5-29(6-9-30)47-44(57)36-12-14-39(50-49-36)54-18-16-27(17-19-54)26-52-20-22-53(23-21-52)37-3-1-2-33-32(37)10-13-38-41(33)42(51-59-38)34-11-15-40(55)48-43(34)56/h1-4,7,10,12-14,24,27,29-30,34H,5-6,8-9,11,15-23,26H2,(H,47,57)(H,48,55,56). The van der Waals surface area contributed by atoms with E-state index in [1.165, 1.54) is 5.69 Å². The number of imide groups is 1. The minimum atomic E-state index is -0.515. The van der Waals surface area contributed by atoms with Crippen LogP contribution in [0, 0.1) is 17.2 Å². The van der Waals surface area contributed by atoms with Crippen molar-refractivity contribution in [2.45, 2.75) is 69.4 Å². The molecule has 2 aromatic heterocycles. The Morgan fingerprint density at radius 3 is 2.44 bits per heavy atom. The number of amides is 3. The summed E-state index contributed by atoms with van der Waals surface area (Å²) in [5, 5.41) is 31.1. The number of carbonyl (C=O) groups excluding carboxylic acids is 3. The molecule has 5 aromatic rings. The van der Waals surface area contributed by atoms with Crippen molar-refractivity contribution in [1.29, 1.82) is 5.26 Å². The molecule has 3 aromatic carbocycles. The molecular formula is C44H46ClN9O5. The number of hydrogen-bond acceptors (Lipinski definition) is 12. The maximum atomic E-state index is 13.1. The van der Waals surface area contributed by atoms with E-state index in [-0.39, 0.29) is 36.3 Å². The summed E-state index contributed by atoms with van der Waals surface area (Å²) in [4.78, 5) is 44.9. The van der Waals surface area contributed by atoms with Crippen LogP contribution in [0.5, 0.6) is 5.75 Å². The topological polar surface area (TPSA) is 170 Å². The number of fused-ring (bicyclic) bond motifs is 3. The summed E-state index contributed by atoms with van der Waals surface area (Å²) in [6, 6.07) is 21.2. The molecule has 59 heavy (non-hydrogen) atoms. The largest absolute Gasteiger partial charge is 0.490 e. The molecule has 4 fully saturated rings. The first-order valence-electron chi connectivity index (χ1n) is 20.7. The van der Waals surface area contributed by atoms with Gasteiger partial charge in [0.15, 0.2) is 17.1 Å². The minimum Gasteiger partial charge on any atom is -0.490 e. The Morgan fingerprint density at radius 1 is 0.898 bits per heavy atom. The molecule has 2 N–H and O–H groups in total. The lowest BCUT2D eigenvalue weighted by atomic mass is 9.91. The van der Waals surface area contributed by atoms with Gasteiger partial charge in [-0.25, -0.2) is 0 Å². The molecule has 0 spiro atoms. The van der Waals surface area contributed by atoms with Crippen molar-refractivity contribution in [3.8, 4) is 11.8 Å². The number of anilines is 2. The van der Waals surface area contributed by atoms with Gasteiger partial charge in [-0.3, -0.25) is 24.6 Å². The van der Waals surface area contributed by atoms with E-state index in [1.54, 1.807) is 24.3 Å². The van der Waals surface area contributed by atoms with Gasteiger partial charge in [-0.1, -0.05) is 28.9 Å². The molecular weight excluding hydrogens is 770 g/mol. The molecule has 3 aliphatic heterocycles. The molecule has 4 aliphatic rings. The first-order chi connectivity index (χ1) is 28.8. The van der Waals surface area contributed by atoms with Crippen LogP contribution in [0.2, 0.25) is 5.02 Å². The van der Waals surface area contributed by atoms with Gasteiger partial charge in [-0.15, -0.1) is 10.2 Å². The van der Waals surface area contributed by atoms with E-state index in [1.807, 2.05) is 12.1 Å². The third kappa shape index (κ3) is 8.27. The fraction of sp³-hybridized carbons (Fsp3) is 0.432. The lowest BCUT2D eigenvalue weighted by molar-refractivity contribution is -0.134. The Kier molecular flexibility index (Phi) is 11.0. The summed E-state index contributed by atoms with van der Waals surface area (Å²) < 4.78 is 11.8. The average molecular weight is 816 g/mol. The molecule has 0 bridgehead atoms. The second-order valence-electron chi connectivity index (χ2n) is 16.2. The Hall–Kier alpha value is -5.78. The molecule has 1 atom stereocenters. The first-order valence-corrected chi connectivity index (χ1v) is 21.1. The summed E-state index contributed by atoms with van der Waals surface area (Å²) in [5.74, 6) is 0.764. The van der Waals surface area contributed by atoms with Gasteiger partial charge in [0, 0.05) is 75.4 Å². The van der Waals surface area contributed by atoms with Crippen LogP contribution in [0.4, 0.5) is 11.5 Å². The van der Waals surface area contributed by atoms with E-state index in [0.717, 1.165) is 106 Å². The molecule has 15 heteroatoms. The molecule has 3 saturated heterocycles. The van der Waals surface area contributed by atoms with E-state index in [0.29, 0.717) is 45.6 Å². The summed E-state index contributed by atoms with van der Waals surface area (Å²) >= 11 is 6.16. The molecule has 3 amide bonds. The Balaban J connectivity index is 0.729. The fourth-order valence-corrected chi connectivity index (χ4v) is 9.42. The van der Waals surface area contributed by atoms with Gasteiger partial charge in [0.25, 0.3) is 5.91 Å². The SMILES string of the molecule is N#Cc1ccc(OC2CCC(NC(=O)c3ccc(N4CCC(CN5CCN(c6cccc7c6ccc6onc(C8CCC(=O)NC8=O)c67)CC5)CC4)nn3)CC2)cc1Cl. The van der Waals surface area contributed by atoms with Crippen LogP contribution < -0.4 is 25.2 Å². The fourth-order valence-electron chi connectivity index (χ4n) is 9.21. The predicted molar refractivity (Wildman–Crippen MR) is 223 cm³/mol. The zero-order valence-electron chi connectivity index (χ0n) is 32.7. The van der Waals surface area contributed by atoms with E-state index >= 15 is 0 Å².